The summed E-state index contributed by atoms with van der Waals surface area (Å²) in [6.07, 6.45) is 0.636. The molecule has 5 rings (SSSR count). The molecule has 2 aromatic rings. The summed E-state index contributed by atoms with van der Waals surface area (Å²) in [6.45, 7) is 6.56. The van der Waals surface area contributed by atoms with Gasteiger partial charge < -0.3 is 59.3 Å². The minimum absolute atomic E-state index is 0.00386. The van der Waals surface area contributed by atoms with E-state index in [2.05, 4.69) is 19.2 Å². The Morgan fingerprint density at radius 2 is 1.92 bits per heavy atom. The molecule has 9 atom stereocenters. The van der Waals surface area contributed by atoms with Crippen LogP contribution in [-0.2, 0) is 20.7 Å². The number of rotatable bonds is 16. The fourth-order valence-electron chi connectivity index (χ4n) is 7.64. The minimum atomic E-state index is -2.38. The lowest BCUT2D eigenvalue weighted by Crippen LogP contribution is -2.81. The largest absolute Gasteiger partial charge is 0.485 e. The van der Waals surface area contributed by atoms with Crippen LogP contribution in [-0.4, -0.2) is 112 Å². The third kappa shape index (κ3) is 6.97. The molecule has 9 unspecified atom stereocenters. The maximum Gasteiger partial charge on any atom is 0.306 e. The molecule has 7 N–H and O–H groups in total. The summed E-state index contributed by atoms with van der Waals surface area (Å²) in [5, 5.41) is 71.4. The molecule has 48 heavy (non-hydrogen) atoms. The predicted octanol–water partition coefficient (Wildman–Crippen LogP) is 1.43. The fourth-order valence-corrected chi connectivity index (χ4v) is 7.64. The van der Waals surface area contributed by atoms with Crippen LogP contribution < -0.4 is 14.8 Å². The summed E-state index contributed by atoms with van der Waals surface area (Å²) < 4.78 is 29.9. The molecule has 2 fully saturated rings. The Labute approximate surface area is 280 Å². The van der Waals surface area contributed by atoms with Gasteiger partial charge in [-0.1, -0.05) is 26.0 Å². The Kier molecular flexibility index (Phi) is 11.7. The lowest BCUT2D eigenvalue weighted by molar-refractivity contribution is -0.391. The zero-order valence-corrected chi connectivity index (χ0v) is 27.9. The van der Waals surface area contributed by atoms with Crippen molar-refractivity contribution in [1.82, 2.24) is 5.32 Å². The SMILES string of the molecule is CCOC(=O)CCc1cc2ccoc2c(OCCNCCCC(C)C)c1OC1OC(CO)C2(O)CC3C=CC(O)C(CO)C3C1(O)C2O. The minimum Gasteiger partial charge on any atom is -0.485 e. The number of ether oxygens (including phenoxy) is 4. The van der Waals surface area contributed by atoms with Crippen molar-refractivity contribution in [2.24, 2.45) is 23.7 Å². The quantitative estimate of drug-likeness (QED) is 0.0765. The fraction of sp³-hybridized carbons (Fsp3) is 0.686. The number of hydrogen-bond acceptors (Lipinski definition) is 13. The van der Waals surface area contributed by atoms with Gasteiger partial charge in [-0.25, -0.2) is 0 Å². The van der Waals surface area contributed by atoms with Crippen molar-refractivity contribution < 1.29 is 58.8 Å². The Bertz CT molecular complexity index is 1410. The van der Waals surface area contributed by atoms with E-state index in [1.807, 2.05) is 0 Å². The average molecular weight is 678 g/mol. The van der Waals surface area contributed by atoms with Crippen LogP contribution in [0.25, 0.3) is 11.0 Å². The molecule has 268 valence electrons. The van der Waals surface area contributed by atoms with Gasteiger partial charge in [-0.3, -0.25) is 4.79 Å². The molecule has 1 aromatic heterocycles. The molecule has 2 aliphatic carbocycles. The lowest BCUT2D eigenvalue weighted by atomic mass is 9.53. The van der Waals surface area contributed by atoms with Gasteiger partial charge in [0.2, 0.25) is 12.0 Å². The number of esters is 1. The Morgan fingerprint density at radius 3 is 2.62 bits per heavy atom. The topological polar surface area (TPSA) is 201 Å². The van der Waals surface area contributed by atoms with E-state index in [-0.39, 0.29) is 44.0 Å². The van der Waals surface area contributed by atoms with Crippen molar-refractivity contribution in [3.63, 3.8) is 0 Å². The highest BCUT2D eigenvalue weighted by Gasteiger charge is 2.72. The number of aliphatic hydroxyl groups is 6. The number of furan rings is 1. The molecule has 0 spiro atoms. The first-order valence-electron chi connectivity index (χ1n) is 17.0. The zero-order valence-electron chi connectivity index (χ0n) is 27.9. The standard InChI is InChI=1S/C35H51NO12/c1-4-44-27(40)10-8-21-16-22-11-14-45-29(22)31(46-15-13-36-12-5-6-20(2)3)30(21)48-33-35(43)28-23(7-9-25(39)24(28)18-37)17-34(42,32(35)41)26(19-38)47-33/h7,9,11,14,16,20,23-26,28,32-33,36-39,41-43H,4-6,8,10,12-13,15,17-19H2,1-3H3. The number of nitrogens with one attached hydrogen (secondary N) is 1. The summed E-state index contributed by atoms with van der Waals surface area (Å²) in [5.41, 5.74) is -3.62. The number of allylic oxidation sites excluding steroid dienone is 1. The highest BCUT2D eigenvalue weighted by molar-refractivity contribution is 5.87. The summed E-state index contributed by atoms with van der Waals surface area (Å²) in [6, 6.07) is 3.51. The second-order valence-electron chi connectivity index (χ2n) is 13.6. The molecule has 13 heteroatoms. The van der Waals surface area contributed by atoms with Gasteiger partial charge in [0.05, 0.1) is 25.6 Å². The van der Waals surface area contributed by atoms with Crippen LogP contribution in [0.5, 0.6) is 11.5 Å². The van der Waals surface area contributed by atoms with Crippen molar-refractivity contribution in [2.75, 3.05) is 39.5 Å². The normalized spacial score (nSPS) is 32.8. The molecule has 2 heterocycles. The molecular formula is C35H51NO12. The molecule has 2 bridgehead atoms. The van der Waals surface area contributed by atoms with Crippen molar-refractivity contribution in [3.05, 3.63) is 36.1 Å². The van der Waals surface area contributed by atoms with Crippen molar-refractivity contribution in [2.45, 2.75) is 88.7 Å². The van der Waals surface area contributed by atoms with Gasteiger partial charge in [-0.2, -0.15) is 0 Å². The first-order chi connectivity index (χ1) is 23.0. The maximum atomic E-state index is 12.5. The second kappa shape index (κ2) is 15.4. The van der Waals surface area contributed by atoms with Crippen LogP contribution >= 0.6 is 0 Å². The third-order valence-electron chi connectivity index (χ3n) is 10.0. The predicted molar refractivity (Wildman–Crippen MR) is 173 cm³/mol. The molecule has 0 amide bonds. The number of aliphatic hydroxyl groups excluding tert-OH is 4. The first-order valence-corrected chi connectivity index (χ1v) is 17.0. The van der Waals surface area contributed by atoms with E-state index >= 15 is 0 Å². The van der Waals surface area contributed by atoms with E-state index in [1.54, 1.807) is 25.1 Å². The van der Waals surface area contributed by atoms with Crippen LogP contribution in [0.1, 0.15) is 52.0 Å². The molecular weight excluding hydrogens is 626 g/mol. The molecule has 1 aromatic carbocycles. The van der Waals surface area contributed by atoms with E-state index in [9.17, 15) is 35.4 Å². The number of hydrogen-bond donors (Lipinski definition) is 7. The van der Waals surface area contributed by atoms with Gasteiger partial charge in [0, 0.05) is 36.8 Å². The van der Waals surface area contributed by atoms with Gasteiger partial charge in [0.15, 0.2) is 16.9 Å². The zero-order chi connectivity index (χ0) is 34.6. The van der Waals surface area contributed by atoms with Crippen molar-refractivity contribution in [1.29, 1.82) is 0 Å². The molecule has 1 aliphatic heterocycles. The van der Waals surface area contributed by atoms with E-state index in [0.717, 1.165) is 19.4 Å². The van der Waals surface area contributed by atoms with Crippen LogP contribution in [0, 0.1) is 23.7 Å². The van der Waals surface area contributed by atoms with Crippen LogP contribution in [0.4, 0.5) is 0 Å². The van der Waals surface area contributed by atoms with Gasteiger partial charge in [0.25, 0.3) is 0 Å². The van der Waals surface area contributed by atoms with E-state index in [0.29, 0.717) is 29.0 Å². The average Bonchev–Trinajstić information content (AvgIpc) is 3.52. The summed E-state index contributed by atoms with van der Waals surface area (Å²) >= 11 is 0. The van der Waals surface area contributed by atoms with Crippen LogP contribution in [0.2, 0.25) is 0 Å². The first kappa shape index (κ1) is 36.5. The van der Waals surface area contributed by atoms with Crippen molar-refractivity contribution >= 4 is 16.9 Å². The molecule has 0 radical (unpaired) electrons. The van der Waals surface area contributed by atoms with E-state index < -0.39 is 72.7 Å². The summed E-state index contributed by atoms with van der Waals surface area (Å²) in [4.78, 5) is 12.4. The third-order valence-corrected chi connectivity index (χ3v) is 10.0. The highest BCUT2D eigenvalue weighted by atomic mass is 16.7. The van der Waals surface area contributed by atoms with Crippen LogP contribution in [0.3, 0.4) is 0 Å². The van der Waals surface area contributed by atoms with Gasteiger partial charge in [-0.15, -0.1) is 0 Å². The maximum absolute atomic E-state index is 12.5. The number of aryl methyl sites for hydroxylation is 1. The Hall–Kier alpha value is -2.75. The van der Waals surface area contributed by atoms with Crippen LogP contribution in [0.15, 0.2) is 35.0 Å². The number of benzene rings is 1. The number of carbonyl (C=O) groups excluding carboxylic acids is 1. The second-order valence-corrected chi connectivity index (χ2v) is 13.6. The Balaban J connectivity index is 1.54. The van der Waals surface area contributed by atoms with Gasteiger partial charge >= 0.3 is 5.97 Å². The number of carbonyl (C=O) groups is 1. The Morgan fingerprint density at radius 1 is 1.12 bits per heavy atom. The molecule has 1 saturated heterocycles. The van der Waals surface area contributed by atoms with E-state index in [1.165, 1.54) is 12.3 Å². The van der Waals surface area contributed by atoms with Gasteiger partial charge in [-0.05, 0) is 68.7 Å². The monoisotopic (exact) mass is 677 g/mol. The molecule has 1 saturated carbocycles. The van der Waals surface area contributed by atoms with Gasteiger partial charge in [0.1, 0.15) is 24.4 Å². The van der Waals surface area contributed by atoms with E-state index in [4.69, 9.17) is 23.4 Å². The summed E-state index contributed by atoms with van der Waals surface area (Å²) in [7, 11) is 0. The van der Waals surface area contributed by atoms with Crippen molar-refractivity contribution in [3.8, 4) is 11.5 Å². The summed E-state index contributed by atoms with van der Waals surface area (Å²) in [5.74, 6) is -2.14. The molecule has 3 aliphatic rings. The molecule has 13 nitrogen and oxygen atoms in total. The number of fused-ring (bicyclic) bond motifs is 5. The lowest BCUT2D eigenvalue weighted by Gasteiger charge is -2.63. The highest BCUT2D eigenvalue weighted by Crippen LogP contribution is 2.56. The smallest absolute Gasteiger partial charge is 0.306 e.